The van der Waals surface area contributed by atoms with E-state index < -0.39 is 0 Å². The second kappa shape index (κ2) is 8.16. The van der Waals surface area contributed by atoms with E-state index in [9.17, 15) is 9.59 Å². The van der Waals surface area contributed by atoms with Gasteiger partial charge in [0.2, 0.25) is 5.91 Å². The lowest BCUT2D eigenvalue weighted by Crippen LogP contribution is -2.32. The predicted molar refractivity (Wildman–Crippen MR) is 119 cm³/mol. The van der Waals surface area contributed by atoms with Crippen LogP contribution in [0.2, 0.25) is 0 Å². The van der Waals surface area contributed by atoms with Gasteiger partial charge < -0.3 is 10.6 Å². The van der Waals surface area contributed by atoms with Crippen LogP contribution in [0.25, 0.3) is 16.1 Å². The Morgan fingerprint density at radius 3 is 2.65 bits per heavy atom. The van der Waals surface area contributed by atoms with E-state index >= 15 is 0 Å². The fraction of sp³-hybridized carbons (Fsp3) is 0.130. The average molecular weight is 430 g/mol. The monoisotopic (exact) mass is 429 g/mol. The number of nitrogens with zero attached hydrogens (tertiary/aromatic N) is 3. The first kappa shape index (κ1) is 19.2. The van der Waals surface area contributed by atoms with Crippen molar-refractivity contribution in [1.29, 1.82) is 0 Å². The number of carbonyl (C=O) groups excluding carboxylic acids is 2. The van der Waals surface area contributed by atoms with Crippen molar-refractivity contribution in [3.8, 4) is 16.1 Å². The molecule has 1 aliphatic carbocycles. The zero-order valence-electron chi connectivity index (χ0n) is 16.5. The van der Waals surface area contributed by atoms with Crippen LogP contribution in [0.3, 0.4) is 0 Å². The van der Waals surface area contributed by atoms with Crippen molar-refractivity contribution in [3.05, 3.63) is 83.3 Å². The van der Waals surface area contributed by atoms with Crippen molar-refractivity contribution >= 4 is 28.8 Å². The number of fused-ring (bicyclic) bond motifs is 3. The van der Waals surface area contributed by atoms with Crippen LogP contribution in [0.1, 0.15) is 20.8 Å². The highest BCUT2D eigenvalue weighted by molar-refractivity contribution is 7.17. The van der Waals surface area contributed by atoms with Crippen molar-refractivity contribution < 1.29 is 9.59 Å². The Labute approximate surface area is 182 Å². The van der Waals surface area contributed by atoms with Crippen LogP contribution in [0.15, 0.2) is 67.3 Å². The number of anilines is 1. The Balaban J connectivity index is 1.20. The van der Waals surface area contributed by atoms with E-state index in [4.69, 9.17) is 0 Å². The molecule has 0 saturated carbocycles. The number of aryl methyl sites for hydroxylation is 2. The molecule has 0 bridgehead atoms. The molecule has 0 radical (unpaired) electrons. The average Bonchev–Trinajstić information content (AvgIpc) is 3.48. The highest BCUT2D eigenvalue weighted by Crippen LogP contribution is 2.39. The predicted octanol–water partition coefficient (Wildman–Crippen LogP) is 3.46. The molecule has 0 spiro atoms. The van der Waals surface area contributed by atoms with Crippen LogP contribution in [0.5, 0.6) is 0 Å². The van der Waals surface area contributed by atoms with Gasteiger partial charge in [0.25, 0.3) is 5.91 Å². The van der Waals surface area contributed by atoms with Crippen molar-refractivity contribution in [2.24, 2.45) is 0 Å². The summed E-state index contributed by atoms with van der Waals surface area (Å²) in [6, 6.07) is 17.5. The number of aromatic nitrogens is 3. The van der Waals surface area contributed by atoms with Crippen molar-refractivity contribution in [1.82, 2.24) is 20.1 Å². The third-order valence-electron chi connectivity index (χ3n) is 5.20. The molecule has 2 heterocycles. The quantitative estimate of drug-likeness (QED) is 0.508. The van der Waals surface area contributed by atoms with Crippen molar-refractivity contribution in [2.75, 3.05) is 11.9 Å². The first-order valence-corrected chi connectivity index (χ1v) is 10.7. The van der Waals surface area contributed by atoms with E-state index in [1.165, 1.54) is 34.4 Å². The van der Waals surface area contributed by atoms with Gasteiger partial charge in [0, 0.05) is 10.6 Å². The molecular formula is C23H19N5O2S. The Morgan fingerprint density at radius 1 is 1.03 bits per heavy atom. The summed E-state index contributed by atoms with van der Waals surface area (Å²) in [6.45, 7) is -0.0944. The molecule has 4 aromatic rings. The molecule has 0 fully saturated rings. The first-order valence-electron chi connectivity index (χ1n) is 9.91. The van der Waals surface area contributed by atoms with Gasteiger partial charge in [-0.25, -0.2) is 9.67 Å². The third kappa shape index (κ3) is 3.97. The number of rotatable bonds is 5. The van der Waals surface area contributed by atoms with E-state index in [2.05, 4.69) is 32.8 Å². The highest BCUT2D eigenvalue weighted by atomic mass is 32.1. The molecule has 2 amide bonds. The van der Waals surface area contributed by atoms with E-state index in [1.54, 1.807) is 23.1 Å². The maximum Gasteiger partial charge on any atom is 0.261 e. The van der Waals surface area contributed by atoms with Gasteiger partial charge >= 0.3 is 0 Å². The number of thiophene rings is 1. The molecule has 2 aromatic carbocycles. The summed E-state index contributed by atoms with van der Waals surface area (Å²) in [6.07, 6.45) is 4.98. The normalized spacial score (nSPS) is 12.0. The molecule has 8 heteroatoms. The van der Waals surface area contributed by atoms with E-state index in [1.807, 2.05) is 30.3 Å². The third-order valence-corrected chi connectivity index (χ3v) is 6.41. The summed E-state index contributed by atoms with van der Waals surface area (Å²) < 4.78 is 1.63. The second-order valence-corrected chi connectivity index (χ2v) is 8.29. The maximum absolute atomic E-state index is 12.6. The Bertz CT molecular complexity index is 1250. The van der Waals surface area contributed by atoms with Gasteiger partial charge in [-0.2, -0.15) is 5.10 Å². The topological polar surface area (TPSA) is 88.9 Å². The van der Waals surface area contributed by atoms with E-state index in [0.717, 1.165) is 23.4 Å². The Kier molecular flexibility index (Phi) is 5.05. The fourth-order valence-electron chi connectivity index (χ4n) is 3.68. The van der Waals surface area contributed by atoms with Gasteiger partial charge in [0.1, 0.15) is 12.7 Å². The SMILES string of the molecule is O=C(CNC(=O)c1cc2c(s1)-c1ccccc1CC2)Nc1ccc(-n2cncn2)cc1. The minimum absolute atomic E-state index is 0.0944. The zero-order valence-corrected chi connectivity index (χ0v) is 17.4. The van der Waals surface area contributed by atoms with Gasteiger partial charge in [-0.15, -0.1) is 11.3 Å². The van der Waals surface area contributed by atoms with Gasteiger partial charge in [-0.05, 0) is 59.9 Å². The molecule has 1 aliphatic rings. The van der Waals surface area contributed by atoms with Crippen LogP contribution in [-0.4, -0.2) is 33.1 Å². The van der Waals surface area contributed by atoms with Crippen LogP contribution < -0.4 is 10.6 Å². The fourth-order valence-corrected chi connectivity index (χ4v) is 4.86. The van der Waals surface area contributed by atoms with Gasteiger partial charge in [0.15, 0.2) is 0 Å². The molecule has 31 heavy (non-hydrogen) atoms. The zero-order chi connectivity index (χ0) is 21.2. The Hall–Kier alpha value is -3.78. The largest absolute Gasteiger partial charge is 0.342 e. The molecule has 0 saturated heterocycles. The lowest BCUT2D eigenvalue weighted by Gasteiger charge is -2.15. The minimum atomic E-state index is -0.284. The second-order valence-electron chi connectivity index (χ2n) is 7.24. The van der Waals surface area contributed by atoms with Crippen molar-refractivity contribution in [2.45, 2.75) is 12.8 Å². The number of amides is 2. The Morgan fingerprint density at radius 2 is 1.84 bits per heavy atom. The lowest BCUT2D eigenvalue weighted by molar-refractivity contribution is -0.115. The maximum atomic E-state index is 12.6. The lowest BCUT2D eigenvalue weighted by atomic mass is 9.91. The van der Waals surface area contributed by atoms with Crippen LogP contribution in [0, 0.1) is 0 Å². The summed E-state index contributed by atoms with van der Waals surface area (Å²) in [5.41, 5.74) is 5.21. The van der Waals surface area contributed by atoms with Gasteiger partial charge in [0.05, 0.1) is 17.1 Å². The van der Waals surface area contributed by atoms with E-state index in [0.29, 0.717) is 10.6 Å². The van der Waals surface area contributed by atoms with Crippen LogP contribution >= 0.6 is 11.3 Å². The number of hydrogen-bond donors (Lipinski definition) is 2. The minimum Gasteiger partial charge on any atom is -0.342 e. The summed E-state index contributed by atoms with van der Waals surface area (Å²) in [7, 11) is 0. The molecule has 2 aromatic heterocycles. The van der Waals surface area contributed by atoms with E-state index in [-0.39, 0.29) is 18.4 Å². The number of nitrogens with one attached hydrogen (secondary N) is 2. The first-order chi connectivity index (χ1) is 15.2. The number of carbonyl (C=O) groups is 2. The summed E-state index contributed by atoms with van der Waals surface area (Å²) in [4.78, 5) is 30.6. The molecule has 2 N–H and O–H groups in total. The molecule has 0 aliphatic heterocycles. The molecule has 154 valence electrons. The molecule has 7 nitrogen and oxygen atoms in total. The molecular weight excluding hydrogens is 410 g/mol. The van der Waals surface area contributed by atoms with Crippen LogP contribution in [0.4, 0.5) is 5.69 Å². The van der Waals surface area contributed by atoms with Gasteiger partial charge in [-0.3, -0.25) is 9.59 Å². The standard InChI is InChI=1S/C23H19N5O2S/c29-21(27-17-7-9-18(10-8-17)28-14-24-13-26-28)12-25-23(30)20-11-16-6-5-15-3-1-2-4-19(15)22(16)31-20/h1-4,7-11,13-14H,5-6,12H2,(H,25,30)(H,27,29). The number of hydrogen-bond acceptors (Lipinski definition) is 5. The number of benzene rings is 2. The summed E-state index contributed by atoms with van der Waals surface area (Å²) in [5.74, 6) is -0.512. The summed E-state index contributed by atoms with van der Waals surface area (Å²) >= 11 is 1.48. The summed E-state index contributed by atoms with van der Waals surface area (Å²) in [5, 5.41) is 9.57. The molecule has 0 atom stereocenters. The smallest absolute Gasteiger partial charge is 0.261 e. The van der Waals surface area contributed by atoms with Crippen molar-refractivity contribution in [3.63, 3.8) is 0 Å². The van der Waals surface area contributed by atoms with Gasteiger partial charge in [-0.1, -0.05) is 24.3 Å². The highest BCUT2D eigenvalue weighted by Gasteiger charge is 2.21. The molecule has 5 rings (SSSR count). The van der Waals surface area contributed by atoms with Crippen LogP contribution in [-0.2, 0) is 17.6 Å². The molecule has 0 unspecified atom stereocenters.